The highest BCUT2D eigenvalue weighted by atomic mass is 16.3. The molecule has 7 nitrogen and oxygen atoms in total. The van der Waals surface area contributed by atoms with Gasteiger partial charge in [0.1, 0.15) is 6.04 Å². The monoisotopic (exact) mass is 330 g/mol. The fourth-order valence-corrected chi connectivity index (χ4v) is 3.02. The Morgan fingerprint density at radius 2 is 2.00 bits per heavy atom. The van der Waals surface area contributed by atoms with Gasteiger partial charge in [0.25, 0.3) is 5.91 Å². The number of nitrogens with one attached hydrogen (secondary N) is 2. The maximum absolute atomic E-state index is 12.6. The van der Waals surface area contributed by atoms with Crippen LogP contribution >= 0.6 is 0 Å². The molecule has 24 heavy (non-hydrogen) atoms. The fourth-order valence-electron chi connectivity index (χ4n) is 3.02. The molecule has 1 unspecified atom stereocenters. The van der Waals surface area contributed by atoms with Crippen molar-refractivity contribution in [2.45, 2.75) is 31.7 Å². The van der Waals surface area contributed by atoms with Crippen LogP contribution in [0.15, 0.2) is 24.5 Å². The van der Waals surface area contributed by atoms with E-state index in [0.717, 1.165) is 36.7 Å². The van der Waals surface area contributed by atoms with Crippen LogP contribution in [-0.4, -0.2) is 57.5 Å². The summed E-state index contributed by atoms with van der Waals surface area (Å²) in [5.41, 5.74) is 1.95. The van der Waals surface area contributed by atoms with Gasteiger partial charge in [-0.3, -0.25) is 9.59 Å². The topological polar surface area (TPSA) is 98.3 Å². The molecule has 2 amide bonds. The van der Waals surface area contributed by atoms with Crippen LogP contribution in [0.2, 0.25) is 0 Å². The minimum atomic E-state index is -0.909. The number of aliphatic hydroxyl groups excluding tert-OH is 1. The third-order valence-electron chi connectivity index (χ3n) is 4.39. The molecule has 0 aliphatic carbocycles. The number of benzene rings is 1. The largest absolute Gasteiger partial charge is 0.394 e. The lowest BCUT2D eigenvalue weighted by Crippen LogP contribution is -2.50. The molecule has 1 aromatic heterocycles. The molecule has 7 heteroatoms. The molecule has 0 radical (unpaired) electrons. The van der Waals surface area contributed by atoms with E-state index in [4.69, 9.17) is 0 Å². The Morgan fingerprint density at radius 1 is 1.25 bits per heavy atom. The minimum Gasteiger partial charge on any atom is -0.394 e. The Balaban J connectivity index is 1.69. The number of imidazole rings is 1. The zero-order valence-electron chi connectivity index (χ0n) is 13.5. The number of aromatic amines is 1. The van der Waals surface area contributed by atoms with Crippen LogP contribution in [0.1, 0.15) is 36.0 Å². The first kappa shape index (κ1) is 16.4. The van der Waals surface area contributed by atoms with Gasteiger partial charge in [-0.2, -0.15) is 0 Å². The normalized spacial score (nSPS) is 16.6. The van der Waals surface area contributed by atoms with Crippen LogP contribution in [0.5, 0.6) is 0 Å². The van der Waals surface area contributed by atoms with Crippen LogP contribution in [0.3, 0.4) is 0 Å². The lowest BCUT2D eigenvalue weighted by atomic mass is 10.1. The van der Waals surface area contributed by atoms with Gasteiger partial charge in [-0.25, -0.2) is 4.98 Å². The molecule has 3 rings (SSSR count). The third kappa shape index (κ3) is 3.56. The van der Waals surface area contributed by atoms with Gasteiger partial charge in [-0.05, 0) is 31.0 Å². The minimum absolute atomic E-state index is 0.213. The third-order valence-corrected chi connectivity index (χ3v) is 4.39. The number of aliphatic hydroxyl groups is 1. The molecule has 1 fully saturated rings. The van der Waals surface area contributed by atoms with Crippen LogP contribution < -0.4 is 5.32 Å². The van der Waals surface area contributed by atoms with E-state index in [9.17, 15) is 14.7 Å². The maximum atomic E-state index is 12.6. The molecule has 1 atom stereocenters. The summed E-state index contributed by atoms with van der Waals surface area (Å²) in [5.74, 6) is -0.593. The highest BCUT2D eigenvalue weighted by molar-refractivity contribution is 5.99. The van der Waals surface area contributed by atoms with Crippen molar-refractivity contribution < 1.29 is 14.7 Å². The first-order valence-electron chi connectivity index (χ1n) is 8.32. The number of amides is 2. The Morgan fingerprint density at radius 3 is 2.71 bits per heavy atom. The SMILES string of the molecule is O=C(NC(CO)C(=O)N1CCCCCC1)c1ccc2nc[nH]c2c1. The molecule has 1 saturated heterocycles. The molecule has 2 heterocycles. The Bertz CT molecular complexity index is 719. The number of likely N-dealkylation sites (tertiary alicyclic amines) is 1. The number of carbonyl (C=O) groups excluding carboxylic acids is 2. The van der Waals surface area contributed by atoms with Crippen molar-refractivity contribution in [3.8, 4) is 0 Å². The zero-order chi connectivity index (χ0) is 16.9. The predicted octanol–water partition coefficient (Wildman–Crippen LogP) is 1.06. The molecule has 3 N–H and O–H groups in total. The van der Waals surface area contributed by atoms with Crippen molar-refractivity contribution >= 4 is 22.8 Å². The van der Waals surface area contributed by atoms with E-state index < -0.39 is 12.6 Å². The van der Waals surface area contributed by atoms with Gasteiger partial charge < -0.3 is 20.3 Å². The molecule has 0 spiro atoms. The fraction of sp³-hybridized carbons (Fsp3) is 0.471. The van der Waals surface area contributed by atoms with Gasteiger partial charge in [0.05, 0.1) is 24.0 Å². The second kappa shape index (κ2) is 7.44. The molecular formula is C17H22N4O3. The van der Waals surface area contributed by atoms with Crippen LogP contribution in [0.4, 0.5) is 0 Å². The lowest BCUT2D eigenvalue weighted by Gasteiger charge is -2.25. The second-order valence-corrected chi connectivity index (χ2v) is 6.08. The van der Waals surface area contributed by atoms with Gasteiger partial charge in [-0.15, -0.1) is 0 Å². The number of rotatable bonds is 4. The van der Waals surface area contributed by atoms with Gasteiger partial charge in [0.15, 0.2) is 0 Å². The van der Waals surface area contributed by atoms with Crippen molar-refractivity contribution in [3.63, 3.8) is 0 Å². The van der Waals surface area contributed by atoms with Crippen molar-refractivity contribution in [3.05, 3.63) is 30.1 Å². The molecule has 128 valence electrons. The first-order chi connectivity index (χ1) is 11.7. The van der Waals surface area contributed by atoms with Crippen molar-refractivity contribution in [2.24, 2.45) is 0 Å². The number of hydrogen-bond acceptors (Lipinski definition) is 4. The quantitative estimate of drug-likeness (QED) is 0.780. The summed E-state index contributed by atoms with van der Waals surface area (Å²) in [6.45, 7) is 0.962. The maximum Gasteiger partial charge on any atom is 0.252 e. The first-order valence-corrected chi connectivity index (χ1v) is 8.32. The average molecular weight is 330 g/mol. The summed E-state index contributed by atoms with van der Waals surface area (Å²) in [6, 6.07) is 4.17. The molecule has 0 saturated carbocycles. The van der Waals surface area contributed by atoms with Crippen LogP contribution in [0.25, 0.3) is 11.0 Å². The Kier molecular flexibility index (Phi) is 5.10. The zero-order valence-corrected chi connectivity index (χ0v) is 13.5. The predicted molar refractivity (Wildman–Crippen MR) is 89.5 cm³/mol. The highest BCUT2D eigenvalue weighted by Crippen LogP contribution is 2.13. The van der Waals surface area contributed by atoms with Gasteiger partial charge in [-0.1, -0.05) is 12.8 Å². The van der Waals surface area contributed by atoms with E-state index in [1.807, 2.05) is 0 Å². The van der Waals surface area contributed by atoms with Crippen molar-refractivity contribution in [1.29, 1.82) is 0 Å². The second-order valence-electron chi connectivity index (χ2n) is 6.08. The van der Waals surface area contributed by atoms with Gasteiger partial charge in [0, 0.05) is 18.7 Å². The number of H-pyrrole nitrogens is 1. The number of fused-ring (bicyclic) bond motifs is 1. The van der Waals surface area contributed by atoms with E-state index in [1.54, 1.807) is 29.4 Å². The summed E-state index contributed by atoms with van der Waals surface area (Å²) < 4.78 is 0. The summed E-state index contributed by atoms with van der Waals surface area (Å²) in [4.78, 5) is 33.8. The molecule has 1 aromatic carbocycles. The molecule has 1 aliphatic rings. The van der Waals surface area contributed by atoms with E-state index in [0.29, 0.717) is 18.7 Å². The summed E-state index contributed by atoms with van der Waals surface area (Å²) >= 11 is 0. The van der Waals surface area contributed by atoms with Crippen molar-refractivity contribution in [2.75, 3.05) is 19.7 Å². The number of nitrogens with zero attached hydrogens (tertiary/aromatic N) is 2. The summed E-state index contributed by atoms with van der Waals surface area (Å²) in [7, 11) is 0. The van der Waals surface area contributed by atoms with Gasteiger partial charge in [0.2, 0.25) is 5.91 Å². The van der Waals surface area contributed by atoms with Gasteiger partial charge >= 0.3 is 0 Å². The molecule has 1 aliphatic heterocycles. The van der Waals surface area contributed by atoms with Crippen LogP contribution in [-0.2, 0) is 4.79 Å². The molecular weight excluding hydrogens is 308 g/mol. The van der Waals surface area contributed by atoms with Crippen LogP contribution in [0, 0.1) is 0 Å². The molecule has 2 aromatic rings. The smallest absolute Gasteiger partial charge is 0.252 e. The summed E-state index contributed by atoms with van der Waals surface area (Å²) in [5, 5.41) is 12.2. The molecule has 0 bridgehead atoms. The Hall–Kier alpha value is -2.41. The Labute approximate surface area is 140 Å². The van der Waals surface area contributed by atoms with E-state index in [2.05, 4.69) is 15.3 Å². The average Bonchev–Trinajstić information content (AvgIpc) is 2.90. The standard InChI is InChI=1S/C17H22N4O3/c22-10-15(17(24)21-7-3-1-2-4-8-21)20-16(23)12-5-6-13-14(9-12)19-11-18-13/h5-6,9,11,15,22H,1-4,7-8,10H2,(H,18,19)(H,20,23). The number of aromatic nitrogens is 2. The number of hydrogen-bond donors (Lipinski definition) is 3. The van der Waals surface area contributed by atoms with E-state index >= 15 is 0 Å². The van der Waals surface area contributed by atoms with E-state index in [-0.39, 0.29) is 11.8 Å². The van der Waals surface area contributed by atoms with Crippen molar-refractivity contribution in [1.82, 2.24) is 20.2 Å². The highest BCUT2D eigenvalue weighted by Gasteiger charge is 2.26. The van der Waals surface area contributed by atoms with E-state index in [1.165, 1.54) is 0 Å². The number of carbonyl (C=O) groups is 2. The summed E-state index contributed by atoms with van der Waals surface area (Å²) in [6.07, 6.45) is 5.72. The lowest BCUT2D eigenvalue weighted by molar-refractivity contribution is -0.134.